The molecule has 1 atom stereocenters. The third-order valence-corrected chi connectivity index (χ3v) is 16.6. The third kappa shape index (κ3) is 8.98. The molecule has 0 aromatic heterocycles. The van der Waals surface area contributed by atoms with Crippen molar-refractivity contribution in [1.29, 1.82) is 0 Å². The van der Waals surface area contributed by atoms with Crippen LogP contribution in [0, 0.1) is 20.8 Å². The van der Waals surface area contributed by atoms with Gasteiger partial charge in [-0.2, -0.15) is 0 Å². The molecule has 1 unspecified atom stereocenters. The van der Waals surface area contributed by atoms with Crippen molar-refractivity contribution in [2.75, 3.05) is 0 Å². The molecule has 42 heavy (non-hydrogen) atoms. The number of benzene rings is 3. The number of hydrogen-bond donors (Lipinski definition) is 2. The van der Waals surface area contributed by atoms with Gasteiger partial charge in [-0.15, -0.1) is 0 Å². The predicted octanol–water partition coefficient (Wildman–Crippen LogP) is 9.38. The Bertz CT molecular complexity index is 1370. The molecule has 0 saturated heterocycles. The summed E-state index contributed by atoms with van der Waals surface area (Å²) < 4.78 is 45.4. The summed E-state index contributed by atoms with van der Waals surface area (Å²) in [6.45, 7) is 17.8. The van der Waals surface area contributed by atoms with Crippen molar-refractivity contribution in [3.63, 3.8) is 0 Å². The molecule has 232 valence electrons. The number of aryl methyl sites for hydroxylation is 3. The third-order valence-electron chi connectivity index (χ3n) is 5.83. The Morgan fingerprint density at radius 2 is 1.05 bits per heavy atom. The van der Waals surface area contributed by atoms with Gasteiger partial charge in [-0.1, -0.05) is 0 Å². The quantitative estimate of drug-likeness (QED) is 0.190. The molecule has 0 amide bonds. The van der Waals surface area contributed by atoms with Crippen molar-refractivity contribution in [3.05, 3.63) is 89.5 Å². The van der Waals surface area contributed by atoms with Crippen LogP contribution >= 0.6 is 23.7 Å². The van der Waals surface area contributed by atoms with Crippen LogP contribution in [-0.2, 0) is 13.6 Å². The first-order chi connectivity index (χ1) is 19.8. The molecule has 12 heteroatoms. The Labute approximate surface area is 252 Å². The molecule has 0 saturated carbocycles. The molecule has 0 radical (unpaired) electrons. The van der Waals surface area contributed by atoms with Crippen molar-refractivity contribution in [3.8, 4) is 17.2 Å². The van der Waals surface area contributed by atoms with Crippen molar-refractivity contribution < 1.29 is 27.1 Å². The summed E-state index contributed by atoms with van der Waals surface area (Å²) in [6, 6.07) is 23.4. The van der Waals surface area contributed by atoms with E-state index in [2.05, 4.69) is 9.72 Å². The van der Waals surface area contributed by atoms with Crippen LogP contribution < -0.4 is 23.3 Å². The minimum absolute atomic E-state index is 0.231. The Morgan fingerprint density at radius 1 is 0.595 bits per heavy atom. The molecule has 0 bridgehead atoms. The van der Waals surface area contributed by atoms with Crippen LogP contribution in [0.4, 0.5) is 0 Å². The SMILES string of the molecule is Cc1ccc(OP2(OC(C)C)=N[PH](Oc3ccc(C)cc3)(OC(C)C)N[PH](Oc3ccc(C)cc3)(OC(C)C)N2)cc1. The Kier molecular flexibility index (Phi) is 10.7. The van der Waals surface area contributed by atoms with Crippen molar-refractivity contribution in [2.24, 2.45) is 4.52 Å². The van der Waals surface area contributed by atoms with Gasteiger partial charge in [-0.3, -0.25) is 0 Å². The standard InChI is InChI=1S/C30H46N3O6P3/c1-22(2)34-40(37-28-16-10-25(7)11-17-28)31-41(35-23(3)4,38-29-18-12-26(8)13-19-29)33-42(32-40,36-24(5)6)39-30-20-14-27(9)15-21-30/h10-24,31-32,40-41H,1-9H3. The number of nitrogens with zero attached hydrogens (tertiary/aromatic N) is 1. The maximum atomic E-state index is 6.77. The average molecular weight is 638 g/mol. The molecule has 2 N–H and O–H groups in total. The Balaban J connectivity index is 1.95. The van der Waals surface area contributed by atoms with E-state index in [9.17, 15) is 0 Å². The molecule has 0 aliphatic carbocycles. The van der Waals surface area contributed by atoms with Gasteiger partial charge in [-0.05, 0) is 0 Å². The van der Waals surface area contributed by atoms with E-state index in [0.29, 0.717) is 17.2 Å². The summed E-state index contributed by atoms with van der Waals surface area (Å²) in [6.07, 6.45) is -0.735. The van der Waals surface area contributed by atoms with Gasteiger partial charge in [-0.25, -0.2) is 0 Å². The van der Waals surface area contributed by atoms with Crippen LogP contribution in [0.3, 0.4) is 0 Å². The van der Waals surface area contributed by atoms with Gasteiger partial charge in [0.15, 0.2) is 0 Å². The fraction of sp³-hybridized carbons (Fsp3) is 0.400. The summed E-state index contributed by atoms with van der Waals surface area (Å²) in [7, 11) is -10.9. The normalized spacial score (nSPS) is 21.0. The molecule has 3 aromatic rings. The summed E-state index contributed by atoms with van der Waals surface area (Å²) in [5.74, 6) is 1.82. The van der Waals surface area contributed by atoms with Crippen LogP contribution in [-0.4, -0.2) is 18.3 Å². The molecule has 0 spiro atoms. The van der Waals surface area contributed by atoms with E-state index in [1.54, 1.807) is 0 Å². The van der Waals surface area contributed by atoms with Crippen LogP contribution in [0.15, 0.2) is 77.3 Å². The molecule has 0 fully saturated rings. The summed E-state index contributed by atoms with van der Waals surface area (Å²) in [5.41, 5.74) is 3.34. The second-order valence-corrected chi connectivity index (χ2v) is 18.7. The molecule has 3 aromatic carbocycles. The molecular formula is C30H46N3O6P3. The molecule has 1 aliphatic rings. The van der Waals surface area contributed by atoms with Crippen LogP contribution in [0.5, 0.6) is 17.2 Å². The monoisotopic (exact) mass is 637 g/mol. The first kappa shape index (κ1) is 32.9. The number of hydrogen-bond acceptors (Lipinski definition) is 9. The van der Waals surface area contributed by atoms with Crippen LogP contribution in [0.1, 0.15) is 58.2 Å². The molecule has 1 heterocycles. The van der Waals surface area contributed by atoms with E-state index in [0.717, 1.165) is 16.7 Å². The Morgan fingerprint density at radius 3 is 1.50 bits per heavy atom. The first-order valence-corrected chi connectivity index (χ1v) is 19.5. The fourth-order valence-electron chi connectivity index (χ4n) is 4.23. The fourth-order valence-corrected chi connectivity index (χ4v) is 16.5. The van der Waals surface area contributed by atoms with E-state index >= 15 is 0 Å². The number of rotatable bonds is 12. The van der Waals surface area contributed by atoms with Crippen LogP contribution in [0.2, 0.25) is 0 Å². The average Bonchev–Trinajstić information content (AvgIpc) is 2.86. The van der Waals surface area contributed by atoms with Crippen molar-refractivity contribution in [2.45, 2.75) is 80.6 Å². The number of nitrogens with one attached hydrogen (secondary N) is 2. The molecule has 4 rings (SSSR count). The Hall–Kier alpha value is -2.05. The van der Waals surface area contributed by atoms with Gasteiger partial charge in [0.2, 0.25) is 0 Å². The zero-order chi connectivity index (χ0) is 30.5. The molecule has 1 aliphatic heterocycles. The second kappa shape index (κ2) is 13.7. The van der Waals surface area contributed by atoms with Gasteiger partial charge in [0.25, 0.3) is 0 Å². The first-order valence-electron chi connectivity index (χ1n) is 14.3. The van der Waals surface area contributed by atoms with Gasteiger partial charge >= 0.3 is 252 Å². The van der Waals surface area contributed by atoms with E-state index < -0.39 is 23.7 Å². The summed E-state index contributed by atoms with van der Waals surface area (Å²) in [5, 5.41) is 0. The minimum atomic E-state index is -3.81. The van der Waals surface area contributed by atoms with E-state index in [1.807, 2.05) is 135 Å². The van der Waals surface area contributed by atoms with Gasteiger partial charge in [0.1, 0.15) is 0 Å². The maximum absolute atomic E-state index is 6.77. The molecular weight excluding hydrogens is 591 g/mol. The van der Waals surface area contributed by atoms with E-state index in [-0.39, 0.29) is 18.3 Å². The van der Waals surface area contributed by atoms with Gasteiger partial charge in [0.05, 0.1) is 0 Å². The van der Waals surface area contributed by atoms with Gasteiger partial charge < -0.3 is 0 Å². The summed E-state index contributed by atoms with van der Waals surface area (Å²) in [4.78, 5) is 7.12. The van der Waals surface area contributed by atoms with Crippen molar-refractivity contribution >= 4 is 23.7 Å². The zero-order valence-corrected chi connectivity index (χ0v) is 28.9. The zero-order valence-electron chi connectivity index (χ0n) is 26.0. The van der Waals surface area contributed by atoms with E-state index in [1.165, 1.54) is 0 Å². The van der Waals surface area contributed by atoms with Crippen LogP contribution in [0.25, 0.3) is 0 Å². The second-order valence-electron chi connectivity index (χ2n) is 11.3. The van der Waals surface area contributed by atoms with E-state index in [4.69, 9.17) is 31.7 Å². The van der Waals surface area contributed by atoms with Gasteiger partial charge in [0, 0.05) is 0 Å². The van der Waals surface area contributed by atoms with Crippen molar-refractivity contribution in [1.82, 2.24) is 9.72 Å². The molecule has 9 nitrogen and oxygen atoms in total. The topological polar surface area (TPSA) is 91.8 Å². The summed E-state index contributed by atoms with van der Waals surface area (Å²) >= 11 is 0. The predicted molar refractivity (Wildman–Crippen MR) is 176 cm³/mol.